The maximum absolute atomic E-state index is 13.0. The Morgan fingerprint density at radius 1 is 1.08 bits per heavy atom. The Bertz CT molecular complexity index is 625. The van der Waals surface area contributed by atoms with Crippen molar-refractivity contribution in [1.82, 2.24) is 10.6 Å². The second-order valence-corrected chi connectivity index (χ2v) is 7.13. The molecule has 0 aliphatic rings. The molecule has 1 rings (SSSR count). The maximum Gasteiger partial charge on any atom is 0.417 e. The summed E-state index contributed by atoms with van der Waals surface area (Å²) in [6, 6.07) is 4.39. The minimum Gasteiger partial charge on any atom is -0.352 e. The zero-order valence-electron chi connectivity index (χ0n) is 15.1. The zero-order chi connectivity index (χ0) is 19.4. The predicted octanol–water partition coefficient (Wildman–Crippen LogP) is 3.76. The molecule has 0 aromatic heterocycles. The molecule has 25 heavy (non-hydrogen) atoms. The van der Waals surface area contributed by atoms with Gasteiger partial charge in [0.1, 0.15) is 5.54 Å². The lowest BCUT2D eigenvalue weighted by atomic mass is 9.99. The van der Waals surface area contributed by atoms with Gasteiger partial charge in [-0.15, -0.1) is 0 Å². The quantitative estimate of drug-likeness (QED) is 0.813. The number of carbonyl (C=O) groups is 2. The molecule has 0 unspecified atom stereocenters. The Labute approximate surface area is 146 Å². The minimum absolute atomic E-state index is 0.105. The molecule has 1 atom stereocenters. The van der Waals surface area contributed by atoms with E-state index in [4.69, 9.17) is 0 Å². The monoisotopic (exact) mass is 358 g/mol. The number of rotatable bonds is 6. The third kappa shape index (κ3) is 6.07. The van der Waals surface area contributed by atoms with Gasteiger partial charge in [0.2, 0.25) is 5.91 Å². The third-order valence-electron chi connectivity index (χ3n) is 3.67. The van der Waals surface area contributed by atoms with Crippen LogP contribution < -0.4 is 10.6 Å². The van der Waals surface area contributed by atoms with Crippen LogP contribution in [0, 0.1) is 5.92 Å². The molecule has 2 N–H and O–H groups in total. The minimum atomic E-state index is -4.65. The molecule has 0 aliphatic carbocycles. The number of amides is 2. The van der Waals surface area contributed by atoms with Gasteiger partial charge in [0.25, 0.3) is 5.91 Å². The molecular weight excluding hydrogens is 333 g/mol. The average molecular weight is 358 g/mol. The maximum atomic E-state index is 13.0. The molecule has 1 aromatic rings. The van der Waals surface area contributed by atoms with Crippen LogP contribution in [-0.2, 0) is 11.0 Å². The van der Waals surface area contributed by atoms with Gasteiger partial charge >= 0.3 is 6.18 Å². The summed E-state index contributed by atoms with van der Waals surface area (Å²) in [5.41, 5.74) is -2.89. The number of nitrogens with one attached hydrogen (secondary N) is 2. The fourth-order valence-corrected chi connectivity index (χ4v) is 2.51. The summed E-state index contributed by atoms with van der Waals surface area (Å²) in [4.78, 5) is 24.7. The summed E-state index contributed by atoms with van der Waals surface area (Å²) in [6.07, 6.45) is -3.89. The van der Waals surface area contributed by atoms with Crippen molar-refractivity contribution in [2.24, 2.45) is 5.92 Å². The number of benzene rings is 1. The predicted molar refractivity (Wildman–Crippen MR) is 90.0 cm³/mol. The van der Waals surface area contributed by atoms with Crippen molar-refractivity contribution in [2.75, 3.05) is 0 Å². The van der Waals surface area contributed by atoms with Crippen molar-refractivity contribution in [3.63, 3.8) is 0 Å². The van der Waals surface area contributed by atoms with Crippen molar-refractivity contribution in [2.45, 2.75) is 58.8 Å². The summed E-state index contributed by atoms with van der Waals surface area (Å²) < 4.78 is 39.1. The molecule has 7 heteroatoms. The zero-order valence-corrected chi connectivity index (χ0v) is 15.1. The fraction of sp³-hybridized carbons (Fsp3) is 0.556. The molecule has 0 radical (unpaired) electrons. The van der Waals surface area contributed by atoms with E-state index in [9.17, 15) is 22.8 Å². The van der Waals surface area contributed by atoms with Gasteiger partial charge in [0.15, 0.2) is 0 Å². The van der Waals surface area contributed by atoms with Crippen molar-refractivity contribution in [3.8, 4) is 0 Å². The van der Waals surface area contributed by atoms with Gasteiger partial charge in [-0.2, -0.15) is 13.2 Å². The van der Waals surface area contributed by atoms with Crippen molar-refractivity contribution < 1.29 is 22.8 Å². The lowest BCUT2D eigenvalue weighted by Crippen LogP contribution is -2.56. The molecule has 0 aliphatic heterocycles. The van der Waals surface area contributed by atoms with Gasteiger partial charge in [0.05, 0.1) is 11.1 Å². The molecule has 0 heterocycles. The van der Waals surface area contributed by atoms with Crippen LogP contribution in [-0.4, -0.2) is 23.4 Å². The number of alkyl halides is 3. The highest BCUT2D eigenvalue weighted by molar-refractivity contribution is 6.00. The van der Waals surface area contributed by atoms with Gasteiger partial charge in [0, 0.05) is 6.04 Å². The molecule has 4 nitrogen and oxygen atoms in total. The first kappa shape index (κ1) is 21.0. The van der Waals surface area contributed by atoms with Crippen molar-refractivity contribution in [3.05, 3.63) is 35.4 Å². The second kappa shape index (κ2) is 7.89. The van der Waals surface area contributed by atoms with E-state index >= 15 is 0 Å². The van der Waals surface area contributed by atoms with E-state index in [0.29, 0.717) is 5.92 Å². The van der Waals surface area contributed by atoms with Gasteiger partial charge in [-0.25, -0.2) is 0 Å². The Morgan fingerprint density at radius 3 is 2.16 bits per heavy atom. The van der Waals surface area contributed by atoms with Gasteiger partial charge in [-0.1, -0.05) is 26.0 Å². The Hall–Kier alpha value is -2.05. The number of carbonyl (C=O) groups excluding carboxylic acids is 2. The van der Waals surface area contributed by atoms with Crippen LogP contribution in [0.15, 0.2) is 24.3 Å². The van der Waals surface area contributed by atoms with E-state index in [0.717, 1.165) is 18.6 Å². The van der Waals surface area contributed by atoms with Crippen molar-refractivity contribution in [1.29, 1.82) is 0 Å². The van der Waals surface area contributed by atoms with Crippen LogP contribution in [0.4, 0.5) is 13.2 Å². The van der Waals surface area contributed by atoms with E-state index < -0.39 is 34.7 Å². The first-order valence-electron chi connectivity index (χ1n) is 8.14. The molecule has 0 bridgehead atoms. The molecule has 140 valence electrons. The summed E-state index contributed by atoms with van der Waals surface area (Å²) >= 11 is 0. The lowest BCUT2D eigenvalue weighted by Gasteiger charge is -2.28. The Morgan fingerprint density at radius 2 is 1.64 bits per heavy atom. The summed E-state index contributed by atoms with van der Waals surface area (Å²) in [5, 5.41) is 5.17. The topological polar surface area (TPSA) is 58.2 Å². The van der Waals surface area contributed by atoms with Crippen LogP contribution in [0.3, 0.4) is 0 Å². The van der Waals surface area contributed by atoms with E-state index in [-0.39, 0.29) is 6.04 Å². The smallest absolute Gasteiger partial charge is 0.352 e. The second-order valence-electron chi connectivity index (χ2n) is 7.13. The van der Waals surface area contributed by atoms with Gasteiger partial charge < -0.3 is 10.6 Å². The highest BCUT2D eigenvalue weighted by Gasteiger charge is 2.37. The van der Waals surface area contributed by atoms with Gasteiger partial charge in [-0.3, -0.25) is 9.59 Å². The molecule has 0 saturated heterocycles. The number of hydrogen-bond donors (Lipinski definition) is 2. The molecule has 1 aromatic carbocycles. The van der Waals surface area contributed by atoms with Crippen LogP contribution in [0.25, 0.3) is 0 Å². The largest absolute Gasteiger partial charge is 0.417 e. The standard InChI is InChI=1S/C18H25F3N2O2/c1-11(2)10-12(3)22-16(25)17(4,5)23-15(24)13-8-6-7-9-14(13)18(19,20)21/h6-9,11-12H,10H2,1-5H3,(H,22,25)(H,23,24)/t12-/m1/s1. The average Bonchev–Trinajstić information content (AvgIpc) is 2.44. The molecule has 0 fully saturated rings. The lowest BCUT2D eigenvalue weighted by molar-refractivity contribution is -0.137. The van der Waals surface area contributed by atoms with Crippen LogP contribution in [0.2, 0.25) is 0 Å². The van der Waals surface area contributed by atoms with E-state index in [1.54, 1.807) is 0 Å². The third-order valence-corrected chi connectivity index (χ3v) is 3.67. The van der Waals surface area contributed by atoms with E-state index in [1.807, 2.05) is 20.8 Å². The van der Waals surface area contributed by atoms with Crippen LogP contribution >= 0.6 is 0 Å². The first-order chi connectivity index (χ1) is 11.3. The Kier molecular flexibility index (Phi) is 6.62. The van der Waals surface area contributed by atoms with E-state index in [1.165, 1.54) is 26.0 Å². The highest BCUT2D eigenvalue weighted by Crippen LogP contribution is 2.32. The number of hydrogen-bond acceptors (Lipinski definition) is 2. The summed E-state index contributed by atoms with van der Waals surface area (Å²) in [6.45, 7) is 8.79. The normalized spacial score (nSPS) is 13.5. The summed E-state index contributed by atoms with van der Waals surface area (Å²) in [5.74, 6) is -1.00. The van der Waals surface area contributed by atoms with E-state index in [2.05, 4.69) is 10.6 Å². The highest BCUT2D eigenvalue weighted by atomic mass is 19.4. The molecule has 2 amide bonds. The van der Waals surface area contributed by atoms with Crippen LogP contribution in [0.1, 0.15) is 57.0 Å². The molecule has 0 saturated carbocycles. The SMILES string of the molecule is CC(C)C[C@@H](C)NC(=O)C(C)(C)NC(=O)c1ccccc1C(F)(F)F. The molecule has 0 spiro atoms. The molecular formula is C18H25F3N2O2. The van der Waals surface area contributed by atoms with Gasteiger partial charge in [-0.05, 0) is 45.2 Å². The van der Waals surface area contributed by atoms with Crippen LogP contribution in [0.5, 0.6) is 0 Å². The Balaban J connectivity index is 2.90. The first-order valence-corrected chi connectivity index (χ1v) is 8.14. The fourth-order valence-electron chi connectivity index (χ4n) is 2.51. The summed E-state index contributed by atoms with van der Waals surface area (Å²) in [7, 11) is 0. The number of halogens is 3. The van der Waals surface area contributed by atoms with Crippen molar-refractivity contribution >= 4 is 11.8 Å².